The highest BCUT2D eigenvalue weighted by atomic mass is 19.4. The molecule has 300 valence electrons. The fraction of sp³-hybridized carbons (Fsp3) is 0.735. The van der Waals surface area contributed by atoms with Crippen LogP contribution < -0.4 is 10.6 Å². The van der Waals surface area contributed by atoms with Crippen LogP contribution in [0.2, 0.25) is 0 Å². The summed E-state index contributed by atoms with van der Waals surface area (Å²) < 4.78 is 45.5. The van der Waals surface area contributed by atoms with Gasteiger partial charge in [-0.3, -0.25) is 43.2 Å². The zero-order chi connectivity index (χ0) is 41.2. The number of hydrogen-bond donors (Lipinski definition) is 3. The van der Waals surface area contributed by atoms with Gasteiger partial charge in [0.05, 0.1) is 38.1 Å². The number of carbonyl (C=O) groups is 9. The Kier molecular flexibility index (Phi) is 27.3. The van der Waals surface area contributed by atoms with Crippen molar-refractivity contribution in [3.63, 3.8) is 0 Å². The average Bonchev–Trinajstić information content (AvgIpc) is 3.03. The smallest absolute Gasteiger partial charge is 0.446 e. The van der Waals surface area contributed by atoms with Crippen LogP contribution in [0.5, 0.6) is 0 Å². The predicted octanol–water partition coefficient (Wildman–Crippen LogP) is 3.81. The molecule has 3 N–H and O–H groups in total. The molecule has 0 fully saturated rings. The van der Waals surface area contributed by atoms with Crippen molar-refractivity contribution in [3.05, 3.63) is 0 Å². The number of nitrogens with one attached hydrogen (secondary N) is 2. The SMILES string of the molecule is COC(=O)CCCCC(=O)N[C@@H](C)C(=O)C[C@@H](C)C(=O)O.COC(=O)CCCCC(=O)N[C@@H](C)C(=O)C[C@@H](C)C(=O)OC(C)(C)C.O=CC(F)(F)F. The number of Topliss-reactive ketones (excluding diaryl/α,β-unsaturated/α-hetero) is 2. The number of carboxylic acids is 1. The molecule has 15 nitrogen and oxygen atoms in total. The minimum atomic E-state index is -4.64. The molecule has 0 spiro atoms. The molecule has 0 unspecified atom stereocenters. The molecule has 0 bridgehead atoms. The van der Waals surface area contributed by atoms with Gasteiger partial charge >= 0.3 is 30.1 Å². The van der Waals surface area contributed by atoms with Crippen molar-refractivity contribution in [2.24, 2.45) is 11.8 Å². The van der Waals surface area contributed by atoms with Crippen LogP contribution in [0.4, 0.5) is 13.2 Å². The predicted molar refractivity (Wildman–Crippen MR) is 179 cm³/mol. The first-order chi connectivity index (χ1) is 23.8. The minimum Gasteiger partial charge on any atom is -0.481 e. The molecule has 2 amide bonds. The lowest BCUT2D eigenvalue weighted by molar-refractivity contribution is -0.160. The van der Waals surface area contributed by atoms with Gasteiger partial charge in [0.15, 0.2) is 11.6 Å². The number of rotatable bonds is 20. The van der Waals surface area contributed by atoms with Crippen molar-refractivity contribution in [2.45, 2.75) is 137 Å². The molecule has 0 aliphatic heterocycles. The second-order valence-corrected chi connectivity index (χ2v) is 12.8. The Morgan fingerprint density at radius 1 is 0.654 bits per heavy atom. The summed E-state index contributed by atoms with van der Waals surface area (Å²) in [7, 11) is 2.63. The number of carboxylic acid groups (broad SMARTS) is 1. The molecule has 0 heterocycles. The molecule has 0 aliphatic rings. The van der Waals surface area contributed by atoms with Crippen LogP contribution >= 0.6 is 0 Å². The van der Waals surface area contributed by atoms with E-state index in [0.29, 0.717) is 25.7 Å². The molecule has 0 aromatic carbocycles. The fourth-order valence-corrected chi connectivity index (χ4v) is 3.63. The third-order valence-corrected chi connectivity index (χ3v) is 6.62. The van der Waals surface area contributed by atoms with Crippen molar-refractivity contribution >= 4 is 53.5 Å². The Balaban J connectivity index is -0.000000805. The van der Waals surface area contributed by atoms with E-state index >= 15 is 0 Å². The summed E-state index contributed by atoms with van der Waals surface area (Å²) in [6.45, 7) is 11.5. The Labute approximate surface area is 302 Å². The lowest BCUT2D eigenvalue weighted by Gasteiger charge is -2.22. The quantitative estimate of drug-likeness (QED) is 0.0696. The lowest BCUT2D eigenvalue weighted by atomic mass is 10.0. The third kappa shape index (κ3) is 31.6. The first kappa shape index (κ1) is 52.0. The molecule has 0 saturated heterocycles. The van der Waals surface area contributed by atoms with Gasteiger partial charge in [-0.1, -0.05) is 13.8 Å². The van der Waals surface area contributed by atoms with Gasteiger partial charge in [-0.25, -0.2) is 0 Å². The van der Waals surface area contributed by atoms with Gasteiger partial charge in [0.25, 0.3) is 0 Å². The van der Waals surface area contributed by atoms with Crippen molar-refractivity contribution in [3.8, 4) is 0 Å². The number of alkyl halides is 3. The Bertz CT molecular complexity index is 1180. The summed E-state index contributed by atoms with van der Waals surface area (Å²) in [5.74, 6) is -4.50. The van der Waals surface area contributed by atoms with Gasteiger partial charge in [-0.05, 0) is 60.3 Å². The number of carbonyl (C=O) groups excluding carboxylic acids is 8. The Morgan fingerprint density at radius 3 is 1.27 bits per heavy atom. The molecule has 0 aromatic heterocycles. The molecule has 0 saturated carbocycles. The zero-order valence-electron chi connectivity index (χ0n) is 31.4. The van der Waals surface area contributed by atoms with Crippen molar-refractivity contribution in [1.29, 1.82) is 0 Å². The van der Waals surface area contributed by atoms with E-state index in [1.807, 2.05) is 0 Å². The number of halogens is 3. The molecule has 0 radical (unpaired) electrons. The summed E-state index contributed by atoms with van der Waals surface area (Å²) >= 11 is 0. The number of methoxy groups -OCH3 is 2. The Morgan fingerprint density at radius 2 is 0.981 bits per heavy atom. The number of amides is 2. The molecular formula is C34H55F3N2O13. The van der Waals surface area contributed by atoms with Crippen LogP contribution in [0.25, 0.3) is 0 Å². The topological polar surface area (TPSA) is 226 Å². The second-order valence-electron chi connectivity index (χ2n) is 12.8. The van der Waals surface area contributed by atoms with Gasteiger partial charge in [-0.15, -0.1) is 0 Å². The zero-order valence-corrected chi connectivity index (χ0v) is 31.4. The molecule has 18 heteroatoms. The number of aldehydes is 1. The number of unbranched alkanes of at least 4 members (excludes halogenated alkanes) is 2. The highest BCUT2D eigenvalue weighted by Crippen LogP contribution is 2.15. The van der Waals surface area contributed by atoms with Gasteiger partial charge in [0, 0.05) is 38.5 Å². The average molecular weight is 757 g/mol. The molecule has 52 heavy (non-hydrogen) atoms. The van der Waals surface area contributed by atoms with Crippen LogP contribution in [0, 0.1) is 11.8 Å². The number of ketones is 2. The third-order valence-electron chi connectivity index (χ3n) is 6.62. The minimum absolute atomic E-state index is 0.0126. The number of hydrogen-bond acceptors (Lipinski definition) is 12. The molecule has 0 aromatic rings. The number of ether oxygens (including phenoxy) is 3. The largest absolute Gasteiger partial charge is 0.481 e. The summed E-state index contributed by atoms with van der Waals surface area (Å²) in [5, 5.41) is 13.9. The monoisotopic (exact) mass is 756 g/mol. The maximum atomic E-state index is 12.1. The van der Waals surface area contributed by atoms with E-state index in [4.69, 9.17) is 14.6 Å². The maximum Gasteiger partial charge on any atom is 0.446 e. The van der Waals surface area contributed by atoms with E-state index < -0.39 is 53.9 Å². The Hall–Kier alpha value is -4.38. The summed E-state index contributed by atoms with van der Waals surface area (Å²) in [6, 6.07) is -1.38. The first-order valence-electron chi connectivity index (χ1n) is 16.6. The van der Waals surface area contributed by atoms with Crippen molar-refractivity contribution < 1.29 is 75.6 Å². The van der Waals surface area contributed by atoms with E-state index in [1.165, 1.54) is 28.1 Å². The van der Waals surface area contributed by atoms with Gasteiger partial charge in [0.2, 0.25) is 18.1 Å². The summed E-state index contributed by atoms with van der Waals surface area (Å²) in [6.07, 6.45) is -2.68. The van der Waals surface area contributed by atoms with E-state index in [9.17, 15) is 51.5 Å². The van der Waals surface area contributed by atoms with E-state index in [2.05, 4.69) is 20.1 Å². The highest BCUT2D eigenvalue weighted by molar-refractivity contribution is 5.91. The summed E-state index contributed by atoms with van der Waals surface area (Å²) in [4.78, 5) is 100. The second kappa shape index (κ2) is 27.3. The molecular weight excluding hydrogens is 701 g/mol. The normalized spacial score (nSPS) is 13.1. The molecule has 0 rings (SSSR count). The van der Waals surface area contributed by atoms with Crippen LogP contribution in [-0.2, 0) is 57.4 Å². The molecule has 0 aliphatic carbocycles. The van der Waals surface area contributed by atoms with E-state index in [0.717, 1.165) is 0 Å². The van der Waals surface area contributed by atoms with Gasteiger partial charge < -0.3 is 30.0 Å². The molecule has 4 atom stereocenters. The van der Waals surface area contributed by atoms with E-state index in [1.54, 1.807) is 34.6 Å². The van der Waals surface area contributed by atoms with Gasteiger partial charge in [-0.2, -0.15) is 13.2 Å². The first-order valence-corrected chi connectivity index (χ1v) is 16.6. The van der Waals surface area contributed by atoms with Crippen molar-refractivity contribution in [2.75, 3.05) is 14.2 Å². The van der Waals surface area contributed by atoms with Gasteiger partial charge in [0.1, 0.15) is 5.60 Å². The lowest BCUT2D eigenvalue weighted by Crippen LogP contribution is -2.40. The van der Waals surface area contributed by atoms with Crippen LogP contribution in [-0.4, -0.2) is 96.7 Å². The number of aliphatic carboxylic acids is 1. The maximum absolute atomic E-state index is 12.1. The van der Waals surface area contributed by atoms with Crippen molar-refractivity contribution in [1.82, 2.24) is 10.6 Å². The highest BCUT2D eigenvalue weighted by Gasteiger charge is 2.27. The fourth-order valence-electron chi connectivity index (χ4n) is 3.63. The van der Waals surface area contributed by atoms with E-state index in [-0.39, 0.29) is 73.8 Å². The van der Waals surface area contributed by atoms with Crippen LogP contribution in [0.1, 0.15) is 113 Å². The van der Waals surface area contributed by atoms with Crippen LogP contribution in [0.15, 0.2) is 0 Å². The standard InChI is InChI=1S/C18H31NO6.C14H23NO6.C2HF3O/c1-12(17(23)25-18(3,4)5)11-14(20)13(2)19-15(21)9-7-8-10-16(22)24-6;1-9(14(19)20)8-11(16)10(2)15-12(17)6-4-5-7-13(18)21-3;3-2(4,5)1-6/h12-13H,7-11H2,1-6H3,(H,19,21);9-10H,4-8H2,1-3H3,(H,15,17)(H,19,20);1H/t12-,13+;9-,10+;/m11./s1. The summed E-state index contributed by atoms with van der Waals surface area (Å²) in [5.41, 5.74) is -0.599. The van der Waals surface area contributed by atoms with Crippen LogP contribution in [0.3, 0.4) is 0 Å². The number of esters is 3.